The molecule has 1 fully saturated rings. The molecule has 1 amide bonds. The summed E-state index contributed by atoms with van der Waals surface area (Å²) in [5, 5.41) is 11.9. The van der Waals surface area contributed by atoms with Gasteiger partial charge in [0.2, 0.25) is 11.0 Å². The molecule has 0 unspecified atom stereocenters. The summed E-state index contributed by atoms with van der Waals surface area (Å²) in [6.07, 6.45) is 3.21. The number of carbonyl (C=O) groups is 1. The minimum Gasteiger partial charge on any atom is -0.300 e. The monoisotopic (exact) mass is 197 g/mol. The Morgan fingerprint density at radius 1 is 1.54 bits per heavy atom. The Morgan fingerprint density at radius 2 is 2.31 bits per heavy atom. The van der Waals surface area contributed by atoms with Gasteiger partial charge in [-0.1, -0.05) is 17.8 Å². The van der Waals surface area contributed by atoms with Crippen molar-refractivity contribution in [3.8, 4) is 0 Å². The van der Waals surface area contributed by atoms with Crippen LogP contribution in [0.25, 0.3) is 0 Å². The molecule has 5 heteroatoms. The van der Waals surface area contributed by atoms with E-state index in [-0.39, 0.29) is 11.8 Å². The molecular formula is C8H11N3OS. The molecule has 1 aliphatic carbocycles. The third-order valence-corrected chi connectivity index (χ3v) is 2.99. The molecule has 1 aromatic rings. The van der Waals surface area contributed by atoms with Crippen molar-refractivity contribution < 1.29 is 4.79 Å². The van der Waals surface area contributed by atoms with Gasteiger partial charge < -0.3 is 5.32 Å². The number of rotatable bonds is 2. The van der Waals surface area contributed by atoms with Crippen LogP contribution in [-0.2, 0) is 4.79 Å². The maximum Gasteiger partial charge on any atom is 0.229 e. The van der Waals surface area contributed by atoms with Gasteiger partial charge in [-0.05, 0) is 19.8 Å². The highest BCUT2D eigenvalue weighted by molar-refractivity contribution is 7.15. The van der Waals surface area contributed by atoms with Crippen LogP contribution in [-0.4, -0.2) is 16.1 Å². The topological polar surface area (TPSA) is 54.9 Å². The van der Waals surface area contributed by atoms with Gasteiger partial charge in [-0.15, -0.1) is 10.2 Å². The molecule has 0 saturated heterocycles. The fourth-order valence-electron chi connectivity index (χ4n) is 1.22. The van der Waals surface area contributed by atoms with Gasteiger partial charge in [-0.25, -0.2) is 0 Å². The summed E-state index contributed by atoms with van der Waals surface area (Å²) in [4.78, 5) is 11.4. The second-order valence-electron chi connectivity index (χ2n) is 3.24. The summed E-state index contributed by atoms with van der Waals surface area (Å²) >= 11 is 1.41. The summed E-state index contributed by atoms with van der Waals surface area (Å²) in [5.74, 6) is 0.312. The lowest BCUT2D eigenvalue weighted by Gasteiger charge is -2.23. The number of amides is 1. The molecule has 13 heavy (non-hydrogen) atoms. The van der Waals surface area contributed by atoms with Crippen molar-refractivity contribution in [3.05, 3.63) is 5.01 Å². The van der Waals surface area contributed by atoms with Gasteiger partial charge in [-0.3, -0.25) is 4.79 Å². The van der Waals surface area contributed by atoms with Crippen LogP contribution in [0.1, 0.15) is 24.3 Å². The standard InChI is InChI=1S/C8H11N3OS/c1-5-10-11-8(13-5)9-7(12)6-3-2-4-6/h6H,2-4H2,1H3,(H,9,11,12). The van der Waals surface area contributed by atoms with Crippen molar-refractivity contribution in [2.75, 3.05) is 5.32 Å². The van der Waals surface area contributed by atoms with Crippen LogP contribution in [0.2, 0.25) is 0 Å². The Balaban J connectivity index is 1.93. The van der Waals surface area contributed by atoms with Gasteiger partial charge in [0.1, 0.15) is 5.01 Å². The molecule has 1 N–H and O–H groups in total. The van der Waals surface area contributed by atoms with Gasteiger partial charge in [-0.2, -0.15) is 0 Å². The van der Waals surface area contributed by atoms with E-state index in [1.165, 1.54) is 17.8 Å². The van der Waals surface area contributed by atoms with Gasteiger partial charge in [0.05, 0.1) is 0 Å². The first kappa shape index (κ1) is 8.62. The highest BCUT2D eigenvalue weighted by atomic mass is 32.1. The van der Waals surface area contributed by atoms with E-state index in [9.17, 15) is 4.79 Å². The lowest BCUT2D eigenvalue weighted by atomic mass is 9.85. The fraction of sp³-hybridized carbons (Fsp3) is 0.625. The number of nitrogens with zero attached hydrogens (tertiary/aromatic N) is 2. The summed E-state index contributed by atoms with van der Waals surface area (Å²) in [6, 6.07) is 0. The SMILES string of the molecule is Cc1nnc(NC(=O)C2CCC2)s1. The maximum atomic E-state index is 11.4. The van der Waals surface area contributed by atoms with Crippen molar-refractivity contribution in [2.24, 2.45) is 5.92 Å². The molecule has 2 rings (SSSR count). The Morgan fingerprint density at radius 3 is 2.77 bits per heavy atom. The van der Waals surface area contributed by atoms with Crippen molar-refractivity contribution in [3.63, 3.8) is 0 Å². The van der Waals surface area contributed by atoms with E-state index in [4.69, 9.17) is 0 Å². The van der Waals surface area contributed by atoms with E-state index in [1.54, 1.807) is 0 Å². The zero-order valence-corrected chi connectivity index (χ0v) is 8.23. The van der Waals surface area contributed by atoms with Crippen LogP contribution in [0.15, 0.2) is 0 Å². The Kier molecular flexibility index (Phi) is 2.26. The number of hydrogen-bond acceptors (Lipinski definition) is 4. The van der Waals surface area contributed by atoms with E-state index in [0.717, 1.165) is 17.8 Å². The number of hydrogen-bond donors (Lipinski definition) is 1. The molecule has 0 aliphatic heterocycles. The van der Waals surface area contributed by atoms with Crippen LogP contribution in [0.5, 0.6) is 0 Å². The molecule has 70 valence electrons. The summed E-state index contributed by atoms with van der Waals surface area (Å²) in [7, 11) is 0. The lowest BCUT2D eigenvalue weighted by molar-refractivity contribution is -0.122. The quantitative estimate of drug-likeness (QED) is 0.783. The number of anilines is 1. The fourth-order valence-corrected chi connectivity index (χ4v) is 1.82. The smallest absolute Gasteiger partial charge is 0.229 e. The van der Waals surface area contributed by atoms with Gasteiger partial charge in [0.25, 0.3) is 0 Å². The van der Waals surface area contributed by atoms with E-state index in [1.807, 2.05) is 6.92 Å². The Bertz CT molecular complexity index is 319. The largest absolute Gasteiger partial charge is 0.300 e. The molecule has 4 nitrogen and oxygen atoms in total. The number of carbonyl (C=O) groups excluding carboxylic acids is 1. The van der Waals surface area contributed by atoms with Crippen LogP contribution in [0.3, 0.4) is 0 Å². The number of aromatic nitrogens is 2. The average molecular weight is 197 g/mol. The molecular weight excluding hydrogens is 186 g/mol. The van der Waals surface area contributed by atoms with Crippen molar-refractivity contribution in [1.82, 2.24) is 10.2 Å². The van der Waals surface area contributed by atoms with Crippen molar-refractivity contribution in [1.29, 1.82) is 0 Å². The summed E-state index contributed by atoms with van der Waals surface area (Å²) < 4.78 is 0. The number of nitrogens with one attached hydrogen (secondary N) is 1. The number of aryl methyl sites for hydroxylation is 1. The van der Waals surface area contributed by atoms with Gasteiger partial charge in [0, 0.05) is 5.92 Å². The van der Waals surface area contributed by atoms with Gasteiger partial charge in [0.15, 0.2) is 0 Å². The minimum atomic E-state index is 0.0994. The first-order valence-corrected chi connectivity index (χ1v) is 5.18. The predicted molar refractivity (Wildman–Crippen MR) is 50.6 cm³/mol. The molecule has 0 radical (unpaired) electrons. The normalized spacial score (nSPS) is 16.7. The average Bonchev–Trinajstić information content (AvgIpc) is 2.31. The third kappa shape index (κ3) is 1.85. The van der Waals surface area contributed by atoms with E-state index in [0.29, 0.717) is 5.13 Å². The van der Waals surface area contributed by atoms with Crippen LogP contribution in [0.4, 0.5) is 5.13 Å². The first-order chi connectivity index (χ1) is 6.25. The molecule has 0 bridgehead atoms. The second-order valence-corrected chi connectivity index (χ2v) is 4.42. The van der Waals surface area contributed by atoms with Crippen molar-refractivity contribution >= 4 is 22.4 Å². The third-order valence-electron chi connectivity index (χ3n) is 2.23. The summed E-state index contributed by atoms with van der Waals surface area (Å²) in [6.45, 7) is 1.87. The first-order valence-electron chi connectivity index (χ1n) is 4.36. The molecule has 0 atom stereocenters. The van der Waals surface area contributed by atoms with Crippen LogP contribution in [0, 0.1) is 12.8 Å². The lowest BCUT2D eigenvalue weighted by Crippen LogP contribution is -2.27. The molecule has 1 aromatic heterocycles. The summed E-state index contributed by atoms with van der Waals surface area (Å²) in [5.41, 5.74) is 0. The van der Waals surface area contributed by atoms with Crippen LogP contribution < -0.4 is 5.32 Å². The zero-order valence-electron chi connectivity index (χ0n) is 7.41. The van der Waals surface area contributed by atoms with Gasteiger partial charge >= 0.3 is 0 Å². The second kappa shape index (κ2) is 3.41. The highest BCUT2D eigenvalue weighted by Crippen LogP contribution is 2.27. The molecule has 1 heterocycles. The zero-order chi connectivity index (χ0) is 9.26. The minimum absolute atomic E-state index is 0.0994. The van der Waals surface area contributed by atoms with E-state index in [2.05, 4.69) is 15.5 Å². The molecule has 1 aliphatic rings. The maximum absolute atomic E-state index is 11.4. The Hall–Kier alpha value is -0.970. The highest BCUT2D eigenvalue weighted by Gasteiger charge is 2.25. The van der Waals surface area contributed by atoms with Crippen molar-refractivity contribution in [2.45, 2.75) is 26.2 Å². The van der Waals surface area contributed by atoms with E-state index >= 15 is 0 Å². The molecule has 0 aromatic carbocycles. The molecule has 0 spiro atoms. The predicted octanol–water partition coefficient (Wildman–Crippen LogP) is 1.59. The molecule has 1 saturated carbocycles. The van der Waals surface area contributed by atoms with E-state index < -0.39 is 0 Å². The Labute approximate surface area is 80.4 Å². The van der Waals surface area contributed by atoms with Crippen LogP contribution >= 0.6 is 11.3 Å².